The quantitative estimate of drug-likeness (QED) is 0.595. The first-order chi connectivity index (χ1) is 8.20. The Kier molecular flexibility index (Phi) is 2.01. The molecule has 84 valence electrons. The minimum Gasteiger partial charge on any atom is -0.296 e. The number of aldehydes is 1. The van der Waals surface area contributed by atoms with E-state index >= 15 is 0 Å². The van der Waals surface area contributed by atoms with Gasteiger partial charge in [-0.15, -0.1) is 0 Å². The number of rotatable bonds is 1. The van der Waals surface area contributed by atoms with Gasteiger partial charge in [0.2, 0.25) is 0 Å². The molecule has 17 heavy (non-hydrogen) atoms. The van der Waals surface area contributed by atoms with Crippen LogP contribution in [0.25, 0.3) is 16.6 Å². The molecule has 0 aliphatic heterocycles. The summed E-state index contributed by atoms with van der Waals surface area (Å²) in [5.74, 6) is 0. The third-order valence-corrected chi connectivity index (χ3v) is 3.10. The third-order valence-electron chi connectivity index (χ3n) is 3.10. The highest BCUT2D eigenvalue weighted by atomic mass is 16.1. The summed E-state index contributed by atoms with van der Waals surface area (Å²) in [7, 11) is 0. The number of benzene rings is 1. The predicted octanol–water partition coefficient (Wildman–Crippen LogP) is 2.92. The Morgan fingerprint density at radius 1 is 1.24 bits per heavy atom. The molecule has 0 N–H and O–H groups in total. The zero-order valence-electron chi connectivity index (χ0n) is 9.77. The minimum atomic E-state index is 0.593. The molecule has 3 heteroatoms. The highest BCUT2D eigenvalue weighted by molar-refractivity contribution is 5.89. The van der Waals surface area contributed by atoms with Crippen molar-refractivity contribution >= 4 is 22.8 Å². The fourth-order valence-corrected chi connectivity index (χ4v) is 2.26. The second kappa shape index (κ2) is 3.42. The largest absolute Gasteiger partial charge is 0.296 e. The van der Waals surface area contributed by atoms with E-state index in [1.165, 1.54) is 11.1 Å². The number of pyridine rings is 1. The molecule has 3 aromatic rings. The molecule has 2 heterocycles. The summed E-state index contributed by atoms with van der Waals surface area (Å²) < 4.78 is 1.91. The van der Waals surface area contributed by atoms with Crippen LogP contribution in [0.2, 0.25) is 0 Å². The van der Waals surface area contributed by atoms with Crippen LogP contribution in [0.1, 0.15) is 21.6 Å². The van der Waals surface area contributed by atoms with Gasteiger partial charge in [-0.05, 0) is 37.1 Å². The van der Waals surface area contributed by atoms with Crippen molar-refractivity contribution in [1.82, 2.24) is 9.38 Å². The number of hydrogen-bond donors (Lipinski definition) is 0. The number of carbonyl (C=O) groups is 1. The summed E-state index contributed by atoms with van der Waals surface area (Å²) in [6, 6.07) is 8.27. The van der Waals surface area contributed by atoms with Gasteiger partial charge >= 0.3 is 0 Å². The van der Waals surface area contributed by atoms with Crippen LogP contribution in [0.15, 0.2) is 30.5 Å². The molecule has 2 aromatic heterocycles. The average molecular weight is 224 g/mol. The molecule has 0 radical (unpaired) electrons. The Bertz CT molecular complexity index is 741. The molecule has 0 aliphatic rings. The van der Waals surface area contributed by atoms with Crippen molar-refractivity contribution < 1.29 is 4.79 Å². The van der Waals surface area contributed by atoms with Crippen molar-refractivity contribution in [2.45, 2.75) is 13.8 Å². The molecule has 3 nitrogen and oxygen atoms in total. The van der Waals surface area contributed by atoms with Crippen LogP contribution in [0.5, 0.6) is 0 Å². The van der Waals surface area contributed by atoms with E-state index in [9.17, 15) is 4.79 Å². The predicted molar refractivity (Wildman–Crippen MR) is 67.6 cm³/mol. The Morgan fingerprint density at radius 2 is 2.06 bits per heavy atom. The first-order valence-corrected chi connectivity index (χ1v) is 5.53. The van der Waals surface area contributed by atoms with Crippen LogP contribution in [0.4, 0.5) is 0 Å². The first-order valence-electron chi connectivity index (χ1n) is 5.53. The van der Waals surface area contributed by atoms with E-state index in [0.717, 1.165) is 22.8 Å². The first kappa shape index (κ1) is 10.0. The van der Waals surface area contributed by atoms with E-state index in [4.69, 9.17) is 0 Å². The molecular weight excluding hydrogens is 212 g/mol. The normalized spacial score (nSPS) is 11.2. The molecule has 0 saturated heterocycles. The molecule has 1 aromatic carbocycles. The van der Waals surface area contributed by atoms with E-state index in [1.807, 2.05) is 17.4 Å². The zero-order chi connectivity index (χ0) is 12.0. The molecule has 0 fully saturated rings. The molecule has 0 atom stereocenters. The minimum absolute atomic E-state index is 0.593. The van der Waals surface area contributed by atoms with E-state index < -0.39 is 0 Å². The van der Waals surface area contributed by atoms with Crippen LogP contribution in [-0.4, -0.2) is 15.7 Å². The van der Waals surface area contributed by atoms with Gasteiger partial charge in [0.1, 0.15) is 11.3 Å². The van der Waals surface area contributed by atoms with Crippen molar-refractivity contribution in [1.29, 1.82) is 0 Å². The second-order valence-electron chi connectivity index (χ2n) is 4.34. The summed E-state index contributed by atoms with van der Waals surface area (Å²) in [6.45, 7) is 4.11. The lowest BCUT2D eigenvalue weighted by atomic mass is 10.1. The van der Waals surface area contributed by atoms with Crippen LogP contribution >= 0.6 is 0 Å². The SMILES string of the molecule is Cc1ccc2c(C)cc3ncc(C=O)n3c2c1. The van der Waals surface area contributed by atoms with Crippen LogP contribution < -0.4 is 0 Å². The Morgan fingerprint density at radius 3 is 2.82 bits per heavy atom. The number of hydrogen-bond acceptors (Lipinski definition) is 2. The van der Waals surface area contributed by atoms with Crippen molar-refractivity contribution in [3.05, 3.63) is 47.3 Å². The van der Waals surface area contributed by atoms with Gasteiger partial charge in [-0.2, -0.15) is 0 Å². The van der Waals surface area contributed by atoms with Gasteiger partial charge in [0.15, 0.2) is 6.29 Å². The van der Waals surface area contributed by atoms with E-state index in [0.29, 0.717) is 5.69 Å². The van der Waals surface area contributed by atoms with Crippen molar-refractivity contribution in [2.24, 2.45) is 0 Å². The van der Waals surface area contributed by atoms with Crippen molar-refractivity contribution in [3.8, 4) is 0 Å². The Hall–Kier alpha value is -2.16. The van der Waals surface area contributed by atoms with E-state index in [2.05, 4.69) is 30.1 Å². The zero-order valence-corrected chi connectivity index (χ0v) is 9.77. The van der Waals surface area contributed by atoms with Gasteiger partial charge < -0.3 is 0 Å². The fraction of sp³-hybridized carbons (Fsp3) is 0.143. The number of aryl methyl sites for hydroxylation is 2. The number of imidazole rings is 1. The van der Waals surface area contributed by atoms with Gasteiger partial charge in [0.25, 0.3) is 0 Å². The highest BCUT2D eigenvalue weighted by Crippen LogP contribution is 2.23. The van der Waals surface area contributed by atoms with Gasteiger partial charge in [0.05, 0.1) is 11.7 Å². The van der Waals surface area contributed by atoms with Gasteiger partial charge in [-0.3, -0.25) is 9.20 Å². The maximum atomic E-state index is 11.0. The molecular formula is C14H12N2O. The summed E-state index contributed by atoms with van der Waals surface area (Å²) in [5, 5.41) is 1.16. The number of carbonyl (C=O) groups excluding carboxylic acids is 1. The van der Waals surface area contributed by atoms with Crippen molar-refractivity contribution in [2.75, 3.05) is 0 Å². The third kappa shape index (κ3) is 1.35. The fourth-order valence-electron chi connectivity index (χ4n) is 2.26. The molecule has 3 rings (SSSR count). The van der Waals surface area contributed by atoms with Gasteiger partial charge in [-0.25, -0.2) is 4.98 Å². The van der Waals surface area contributed by atoms with E-state index in [-0.39, 0.29) is 0 Å². The highest BCUT2D eigenvalue weighted by Gasteiger charge is 2.08. The summed E-state index contributed by atoms with van der Waals surface area (Å²) in [5.41, 5.74) is 4.81. The number of fused-ring (bicyclic) bond motifs is 3. The summed E-state index contributed by atoms with van der Waals surface area (Å²) in [6.07, 6.45) is 2.46. The van der Waals surface area contributed by atoms with Crippen molar-refractivity contribution in [3.63, 3.8) is 0 Å². The summed E-state index contributed by atoms with van der Waals surface area (Å²) >= 11 is 0. The van der Waals surface area contributed by atoms with Gasteiger partial charge in [-0.1, -0.05) is 12.1 Å². The molecule has 0 amide bonds. The molecule has 0 spiro atoms. The molecule has 0 saturated carbocycles. The van der Waals surface area contributed by atoms with Crippen LogP contribution in [-0.2, 0) is 0 Å². The maximum Gasteiger partial charge on any atom is 0.168 e. The Labute approximate surface area is 98.7 Å². The second-order valence-corrected chi connectivity index (χ2v) is 4.34. The topological polar surface area (TPSA) is 34.4 Å². The average Bonchev–Trinajstić information content (AvgIpc) is 2.71. The summed E-state index contributed by atoms with van der Waals surface area (Å²) in [4.78, 5) is 15.3. The van der Waals surface area contributed by atoms with Gasteiger partial charge in [0, 0.05) is 5.39 Å². The number of nitrogens with zero attached hydrogens (tertiary/aromatic N) is 2. The smallest absolute Gasteiger partial charge is 0.168 e. The van der Waals surface area contributed by atoms with E-state index in [1.54, 1.807) is 6.20 Å². The maximum absolute atomic E-state index is 11.0. The lowest BCUT2D eigenvalue weighted by molar-refractivity contribution is 0.111. The number of aromatic nitrogens is 2. The van der Waals surface area contributed by atoms with Crippen LogP contribution in [0, 0.1) is 13.8 Å². The Balaban J connectivity index is 2.62. The molecule has 0 aliphatic carbocycles. The molecule has 0 bridgehead atoms. The standard InChI is InChI=1S/C14H12N2O/c1-9-3-4-12-10(2)6-14-15-7-11(8-17)16(14)13(12)5-9/h3-8H,1-2H3. The molecule has 0 unspecified atom stereocenters. The monoisotopic (exact) mass is 224 g/mol. The lowest BCUT2D eigenvalue weighted by Crippen LogP contribution is -1.95. The lowest BCUT2D eigenvalue weighted by Gasteiger charge is -2.07. The van der Waals surface area contributed by atoms with Crippen LogP contribution in [0.3, 0.4) is 0 Å².